The van der Waals surface area contributed by atoms with E-state index in [0.717, 1.165) is 0 Å². The van der Waals surface area contributed by atoms with E-state index in [-0.39, 0.29) is 17.9 Å². The van der Waals surface area contributed by atoms with Crippen LogP contribution < -0.4 is 0 Å². The van der Waals surface area contributed by atoms with Crippen LogP contribution in [0.15, 0.2) is 16.6 Å². The van der Waals surface area contributed by atoms with E-state index in [0.29, 0.717) is 22.5 Å². The molecule has 0 radical (unpaired) electrons. The summed E-state index contributed by atoms with van der Waals surface area (Å²) < 4.78 is 19.8. The Labute approximate surface area is 148 Å². The van der Waals surface area contributed by atoms with E-state index < -0.39 is 23.4 Å². The largest absolute Gasteiger partial charge is 0.444 e. The summed E-state index contributed by atoms with van der Waals surface area (Å²) in [5.41, 5.74) is -0.352. The number of carbonyl (C=O) groups excluding carboxylic acids is 2. The maximum Gasteiger partial charge on any atom is 0.410 e. The SMILES string of the molecule is CC(C)(C)OC(=O)N1CCC(c2cc(Cl)c(Br)cc2F)C(=O)C1. The van der Waals surface area contributed by atoms with E-state index >= 15 is 0 Å². The molecule has 0 N–H and O–H groups in total. The van der Waals surface area contributed by atoms with Crippen molar-refractivity contribution in [1.29, 1.82) is 0 Å². The highest BCUT2D eigenvalue weighted by atomic mass is 79.9. The molecule has 1 heterocycles. The van der Waals surface area contributed by atoms with Gasteiger partial charge in [0.1, 0.15) is 11.4 Å². The van der Waals surface area contributed by atoms with E-state index in [9.17, 15) is 14.0 Å². The van der Waals surface area contributed by atoms with Crippen molar-refractivity contribution in [2.75, 3.05) is 13.1 Å². The lowest BCUT2D eigenvalue weighted by atomic mass is 9.88. The van der Waals surface area contributed by atoms with Gasteiger partial charge in [-0.05, 0) is 60.8 Å². The monoisotopic (exact) mass is 405 g/mol. The number of hydrogen-bond acceptors (Lipinski definition) is 3. The van der Waals surface area contributed by atoms with Gasteiger partial charge < -0.3 is 9.64 Å². The Morgan fingerprint density at radius 1 is 1.43 bits per heavy atom. The number of ether oxygens (including phenoxy) is 1. The molecule has 1 unspecified atom stereocenters. The van der Waals surface area contributed by atoms with Gasteiger partial charge in [-0.15, -0.1) is 0 Å². The number of likely N-dealkylation sites (tertiary alicyclic amines) is 1. The van der Waals surface area contributed by atoms with E-state index in [1.165, 1.54) is 17.0 Å². The van der Waals surface area contributed by atoms with Crippen LogP contribution in [0.4, 0.5) is 9.18 Å². The molecule has 2 rings (SSSR count). The van der Waals surface area contributed by atoms with Gasteiger partial charge in [-0.3, -0.25) is 4.79 Å². The topological polar surface area (TPSA) is 46.6 Å². The van der Waals surface area contributed by atoms with Gasteiger partial charge >= 0.3 is 6.09 Å². The zero-order valence-corrected chi connectivity index (χ0v) is 15.5. The zero-order valence-electron chi connectivity index (χ0n) is 13.2. The number of ketones is 1. The molecule has 1 aliphatic heterocycles. The molecule has 1 amide bonds. The highest BCUT2D eigenvalue weighted by molar-refractivity contribution is 9.10. The number of rotatable bonds is 1. The molecule has 0 aliphatic carbocycles. The molecule has 0 bridgehead atoms. The number of Topliss-reactive ketones (excluding diaryl/α,β-unsaturated/α-hetero) is 1. The van der Waals surface area contributed by atoms with E-state index in [4.69, 9.17) is 16.3 Å². The van der Waals surface area contributed by atoms with Gasteiger partial charge in [0.05, 0.1) is 11.6 Å². The highest BCUT2D eigenvalue weighted by Gasteiger charge is 2.34. The van der Waals surface area contributed by atoms with Gasteiger partial charge in [0, 0.05) is 16.9 Å². The van der Waals surface area contributed by atoms with E-state index in [1.807, 2.05) is 0 Å². The quantitative estimate of drug-likeness (QED) is 0.644. The normalized spacial score (nSPS) is 19.0. The standard InChI is InChI=1S/C16H18BrClFNO3/c1-16(2,3)23-15(22)20-5-4-9(14(21)8-20)10-6-12(18)11(17)7-13(10)19/h6-7,9H,4-5,8H2,1-3H3. The van der Waals surface area contributed by atoms with Crippen molar-refractivity contribution < 1.29 is 18.7 Å². The summed E-state index contributed by atoms with van der Waals surface area (Å²) in [4.78, 5) is 25.7. The number of hydrogen-bond donors (Lipinski definition) is 0. The van der Waals surface area contributed by atoms with Gasteiger partial charge in [0.25, 0.3) is 0 Å². The average molecular weight is 407 g/mol. The van der Waals surface area contributed by atoms with Crippen LogP contribution in [0.2, 0.25) is 5.02 Å². The Kier molecular flexibility index (Phi) is 5.36. The summed E-state index contributed by atoms with van der Waals surface area (Å²) in [6.07, 6.45) is -0.189. The van der Waals surface area contributed by atoms with Gasteiger partial charge in [0.2, 0.25) is 0 Å². The Balaban J connectivity index is 2.12. The van der Waals surface area contributed by atoms with Crippen LogP contribution in [0.25, 0.3) is 0 Å². The molecule has 23 heavy (non-hydrogen) atoms. The van der Waals surface area contributed by atoms with Gasteiger partial charge in [-0.2, -0.15) is 0 Å². The fourth-order valence-corrected chi connectivity index (χ4v) is 2.93. The van der Waals surface area contributed by atoms with E-state index in [2.05, 4.69) is 15.9 Å². The van der Waals surface area contributed by atoms with Gasteiger partial charge in [-0.25, -0.2) is 9.18 Å². The summed E-state index contributed by atoms with van der Waals surface area (Å²) in [5.74, 6) is -1.30. The molecule has 7 heteroatoms. The Bertz CT molecular complexity index is 645. The molecule has 1 atom stereocenters. The molecular weight excluding hydrogens is 389 g/mol. The molecule has 4 nitrogen and oxygen atoms in total. The molecule has 0 saturated carbocycles. The molecule has 1 fully saturated rings. The molecule has 1 aromatic carbocycles. The molecule has 1 saturated heterocycles. The van der Waals surface area contributed by atoms with Crippen molar-refractivity contribution in [1.82, 2.24) is 4.90 Å². The first-order valence-electron chi connectivity index (χ1n) is 7.23. The summed E-state index contributed by atoms with van der Waals surface area (Å²) >= 11 is 9.14. The smallest absolute Gasteiger partial charge is 0.410 e. The number of benzene rings is 1. The minimum Gasteiger partial charge on any atom is -0.444 e. The van der Waals surface area contributed by atoms with Crippen molar-refractivity contribution in [3.63, 3.8) is 0 Å². The average Bonchev–Trinajstić information content (AvgIpc) is 2.41. The summed E-state index contributed by atoms with van der Waals surface area (Å²) in [5, 5.41) is 0.351. The lowest BCUT2D eigenvalue weighted by Crippen LogP contribution is -2.45. The van der Waals surface area contributed by atoms with Crippen molar-refractivity contribution >= 4 is 39.4 Å². The second-order valence-electron chi connectivity index (χ2n) is 6.50. The number of halogens is 3. The third kappa shape index (κ3) is 4.44. The van der Waals surface area contributed by atoms with Gasteiger partial charge in [0.15, 0.2) is 5.78 Å². The highest BCUT2D eigenvalue weighted by Crippen LogP contribution is 2.33. The lowest BCUT2D eigenvalue weighted by molar-refractivity contribution is -0.124. The van der Waals surface area contributed by atoms with E-state index in [1.54, 1.807) is 20.8 Å². The minimum atomic E-state index is -0.623. The Morgan fingerprint density at radius 2 is 2.09 bits per heavy atom. The first kappa shape index (κ1) is 18.2. The van der Waals surface area contributed by atoms with Crippen molar-refractivity contribution in [2.24, 2.45) is 0 Å². The van der Waals surface area contributed by atoms with Crippen molar-refractivity contribution in [3.8, 4) is 0 Å². The maximum absolute atomic E-state index is 14.1. The van der Waals surface area contributed by atoms with Crippen LogP contribution in [0, 0.1) is 5.82 Å². The van der Waals surface area contributed by atoms with Gasteiger partial charge in [-0.1, -0.05) is 11.6 Å². The predicted octanol–water partition coefficient (Wildman–Crippen LogP) is 4.54. The second-order valence-corrected chi connectivity index (χ2v) is 7.76. The van der Waals surface area contributed by atoms with Crippen molar-refractivity contribution in [2.45, 2.75) is 38.7 Å². The molecule has 0 aromatic heterocycles. The van der Waals surface area contributed by atoms with Crippen molar-refractivity contribution in [3.05, 3.63) is 33.0 Å². The van der Waals surface area contributed by atoms with Crippen LogP contribution in [0.5, 0.6) is 0 Å². The first-order chi connectivity index (χ1) is 10.6. The van der Waals surface area contributed by atoms with Crippen LogP contribution in [-0.2, 0) is 9.53 Å². The minimum absolute atomic E-state index is 0.0906. The fourth-order valence-electron chi connectivity index (χ4n) is 2.44. The summed E-state index contributed by atoms with van der Waals surface area (Å²) in [7, 11) is 0. The molecule has 0 spiro atoms. The Morgan fingerprint density at radius 3 is 2.65 bits per heavy atom. The molecule has 1 aliphatic rings. The number of amides is 1. The second kappa shape index (κ2) is 6.77. The Hall–Kier alpha value is -1.14. The first-order valence-corrected chi connectivity index (χ1v) is 8.40. The maximum atomic E-state index is 14.1. The molecular formula is C16H18BrClFNO3. The lowest BCUT2D eigenvalue weighted by Gasteiger charge is -2.32. The number of piperidine rings is 1. The third-order valence-electron chi connectivity index (χ3n) is 3.49. The number of nitrogens with zero attached hydrogens (tertiary/aromatic N) is 1. The number of carbonyl (C=O) groups is 2. The fraction of sp³-hybridized carbons (Fsp3) is 0.500. The van der Waals surface area contributed by atoms with Crippen LogP contribution in [0.1, 0.15) is 38.7 Å². The van der Waals surface area contributed by atoms with Crippen LogP contribution in [0.3, 0.4) is 0 Å². The molecule has 1 aromatic rings. The van der Waals surface area contributed by atoms with Crippen LogP contribution in [-0.4, -0.2) is 35.5 Å². The molecule has 126 valence electrons. The predicted molar refractivity (Wildman–Crippen MR) is 89.3 cm³/mol. The summed E-state index contributed by atoms with van der Waals surface area (Å²) in [6, 6.07) is 2.72. The zero-order chi connectivity index (χ0) is 17.4. The third-order valence-corrected chi connectivity index (χ3v) is 4.69. The summed E-state index contributed by atoms with van der Waals surface area (Å²) in [6.45, 7) is 5.53. The van der Waals surface area contributed by atoms with Crippen LogP contribution >= 0.6 is 27.5 Å².